The predicted octanol–water partition coefficient (Wildman–Crippen LogP) is 4.16. The quantitative estimate of drug-likeness (QED) is 0.314. The zero-order valence-electron chi connectivity index (χ0n) is 19.8. The van der Waals surface area contributed by atoms with E-state index in [1.165, 1.54) is 0 Å². The van der Waals surface area contributed by atoms with Crippen molar-refractivity contribution in [3.05, 3.63) is 84.7 Å². The Morgan fingerprint density at radius 3 is 2.23 bits per heavy atom. The maximum Gasteiger partial charge on any atom is 0.296 e. The van der Waals surface area contributed by atoms with Crippen molar-refractivity contribution >= 4 is 22.9 Å². The Balaban J connectivity index is 1.41. The van der Waals surface area contributed by atoms with E-state index >= 15 is 0 Å². The topological polar surface area (TPSA) is 63.5 Å². The molecular weight excluding hydrogens is 442 g/mol. The van der Waals surface area contributed by atoms with E-state index in [9.17, 15) is 9.59 Å². The number of amides is 1. The van der Waals surface area contributed by atoms with Crippen LogP contribution in [0.1, 0.15) is 10.5 Å². The van der Waals surface area contributed by atoms with Crippen LogP contribution in [-0.2, 0) is 4.79 Å². The lowest BCUT2D eigenvalue weighted by molar-refractivity contribution is -0.126. The third-order valence-electron chi connectivity index (χ3n) is 6.48. The molecule has 0 saturated carbocycles. The first-order chi connectivity index (χ1) is 17.1. The molecule has 2 aromatic carbocycles. The minimum absolute atomic E-state index is 0.378. The number of benzene rings is 2. The average molecular weight is 470 g/mol. The van der Waals surface area contributed by atoms with Gasteiger partial charge in [0.2, 0.25) is 0 Å². The lowest BCUT2D eigenvalue weighted by atomic mass is 10.0. The highest BCUT2D eigenvalue weighted by Crippen LogP contribution is 2.31. The third kappa shape index (κ3) is 4.21. The lowest BCUT2D eigenvalue weighted by Gasteiger charge is -2.36. The smallest absolute Gasteiger partial charge is 0.296 e. The van der Waals surface area contributed by atoms with Crippen molar-refractivity contribution in [1.29, 1.82) is 0 Å². The molecule has 4 aromatic rings. The van der Waals surface area contributed by atoms with Gasteiger partial charge in [-0.05, 0) is 48.0 Å². The first-order valence-electron chi connectivity index (χ1n) is 11.6. The zero-order chi connectivity index (χ0) is 24.4. The van der Waals surface area contributed by atoms with Gasteiger partial charge >= 0.3 is 0 Å². The van der Waals surface area contributed by atoms with E-state index in [0.717, 1.165) is 33.8 Å². The minimum Gasteiger partial charge on any atom is -0.497 e. The number of rotatable bonds is 6. The van der Waals surface area contributed by atoms with E-state index in [1.807, 2.05) is 79.0 Å². The van der Waals surface area contributed by atoms with Crippen molar-refractivity contribution in [3.8, 4) is 22.6 Å². The van der Waals surface area contributed by atoms with Crippen LogP contribution < -0.4 is 14.4 Å². The normalized spacial score (nSPS) is 13.7. The number of ketones is 1. The average Bonchev–Trinajstić information content (AvgIpc) is 3.32. The number of ether oxygens (including phenoxy) is 2. The second kappa shape index (κ2) is 9.54. The maximum absolute atomic E-state index is 13.6. The third-order valence-corrected chi connectivity index (χ3v) is 6.48. The highest BCUT2D eigenvalue weighted by Gasteiger charge is 2.31. The van der Waals surface area contributed by atoms with E-state index in [-0.39, 0.29) is 0 Å². The molecule has 7 nitrogen and oxygen atoms in total. The van der Waals surface area contributed by atoms with E-state index in [2.05, 4.69) is 4.90 Å². The summed E-state index contributed by atoms with van der Waals surface area (Å²) in [6.07, 6.45) is 1.82. The number of methoxy groups -OCH3 is 2. The molecule has 0 aliphatic carbocycles. The van der Waals surface area contributed by atoms with Crippen molar-refractivity contribution in [1.82, 2.24) is 9.30 Å². The van der Waals surface area contributed by atoms with E-state index in [0.29, 0.717) is 31.9 Å². The van der Waals surface area contributed by atoms with Gasteiger partial charge in [-0.25, -0.2) is 0 Å². The molecule has 35 heavy (non-hydrogen) atoms. The number of aromatic nitrogens is 1. The Labute approximate surface area is 204 Å². The summed E-state index contributed by atoms with van der Waals surface area (Å²) >= 11 is 0. The van der Waals surface area contributed by atoms with Crippen LogP contribution in [0.15, 0.2) is 79.0 Å². The summed E-state index contributed by atoms with van der Waals surface area (Å²) in [6.45, 7) is 2.17. The Morgan fingerprint density at radius 1 is 0.800 bits per heavy atom. The van der Waals surface area contributed by atoms with Gasteiger partial charge in [-0.2, -0.15) is 0 Å². The molecule has 3 heterocycles. The monoisotopic (exact) mass is 469 g/mol. The number of Topliss-reactive ketones (excluding diaryl/α,β-unsaturated/α-hetero) is 1. The number of pyridine rings is 1. The number of carbonyl (C=O) groups is 2. The number of anilines is 1. The summed E-state index contributed by atoms with van der Waals surface area (Å²) in [6, 6.07) is 23.0. The number of para-hydroxylation sites is 2. The molecule has 0 radical (unpaired) electrons. The van der Waals surface area contributed by atoms with Gasteiger partial charge in [0.15, 0.2) is 0 Å². The summed E-state index contributed by atoms with van der Waals surface area (Å²) in [5.74, 6) is 0.539. The number of hydrogen-bond donors (Lipinski definition) is 0. The van der Waals surface area contributed by atoms with Crippen LogP contribution in [0.3, 0.4) is 0 Å². The first kappa shape index (κ1) is 22.5. The molecule has 0 atom stereocenters. The van der Waals surface area contributed by atoms with Gasteiger partial charge in [0.1, 0.15) is 17.2 Å². The molecular formula is C28H27N3O4. The summed E-state index contributed by atoms with van der Waals surface area (Å²) < 4.78 is 12.5. The van der Waals surface area contributed by atoms with Crippen molar-refractivity contribution in [2.75, 3.05) is 45.3 Å². The summed E-state index contributed by atoms with van der Waals surface area (Å²) in [5, 5.41) is 0. The molecule has 1 amide bonds. The number of hydrogen-bond acceptors (Lipinski definition) is 5. The first-order valence-corrected chi connectivity index (χ1v) is 11.6. The highest BCUT2D eigenvalue weighted by molar-refractivity contribution is 6.43. The van der Waals surface area contributed by atoms with Crippen molar-refractivity contribution in [2.45, 2.75) is 0 Å². The van der Waals surface area contributed by atoms with Crippen LogP contribution in [0.25, 0.3) is 16.6 Å². The van der Waals surface area contributed by atoms with Crippen molar-refractivity contribution in [3.63, 3.8) is 0 Å². The molecule has 2 aromatic heterocycles. The van der Waals surface area contributed by atoms with E-state index in [4.69, 9.17) is 9.47 Å². The number of carbonyl (C=O) groups excluding carboxylic acids is 2. The number of piperazine rings is 1. The van der Waals surface area contributed by atoms with Crippen LogP contribution in [0.2, 0.25) is 0 Å². The van der Waals surface area contributed by atoms with Crippen LogP contribution in [0.5, 0.6) is 11.5 Å². The molecule has 1 aliphatic heterocycles. The number of fused-ring (bicyclic) bond motifs is 1. The van der Waals surface area contributed by atoms with Gasteiger partial charge in [0, 0.05) is 43.5 Å². The number of nitrogens with zero attached hydrogens (tertiary/aromatic N) is 3. The molecule has 0 bridgehead atoms. The Hall–Kier alpha value is -4.26. The molecule has 1 fully saturated rings. The van der Waals surface area contributed by atoms with E-state index < -0.39 is 11.7 Å². The van der Waals surface area contributed by atoms with E-state index in [1.54, 1.807) is 23.5 Å². The second-order valence-electron chi connectivity index (χ2n) is 8.41. The van der Waals surface area contributed by atoms with Crippen LogP contribution in [0.4, 0.5) is 5.69 Å². The van der Waals surface area contributed by atoms with Crippen LogP contribution >= 0.6 is 0 Å². The molecule has 0 N–H and O–H groups in total. The van der Waals surface area contributed by atoms with Crippen molar-refractivity contribution < 1.29 is 19.1 Å². The Bertz CT molecular complexity index is 1370. The molecule has 0 spiro atoms. The zero-order valence-corrected chi connectivity index (χ0v) is 19.8. The molecule has 0 unspecified atom stereocenters. The van der Waals surface area contributed by atoms with Gasteiger partial charge in [-0.3, -0.25) is 9.59 Å². The maximum atomic E-state index is 13.6. The summed E-state index contributed by atoms with van der Waals surface area (Å²) in [4.78, 5) is 30.8. The van der Waals surface area contributed by atoms with Gasteiger partial charge in [-0.1, -0.05) is 30.3 Å². The molecule has 7 heteroatoms. The Kier molecular flexibility index (Phi) is 6.14. The standard InChI is InChI=1S/C28H27N3O4/c1-34-22-12-10-20(11-13-22)23-19-21-7-5-6-14-31(21)26(23)27(32)28(33)30-17-15-29(16-18-30)24-8-3-4-9-25(24)35-2/h3-14,19H,15-18H2,1-2H3. The minimum atomic E-state index is -0.507. The van der Waals surface area contributed by atoms with Gasteiger partial charge < -0.3 is 23.7 Å². The predicted molar refractivity (Wildman–Crippen MR) is 136 cm³/mol. The van der Waals surface area contributed by atoms with Gasteiger partial charge in [-0.15, -0.1) is 0 Å². The lowest BCUT2D eigenvalue weighted by Crippen LogP contribution is -2.50. The van der Waals surface area contributed by atoms with Gasteiger partial charge in [0.25, 0.3) is 11.7 Å². The fraction of sp³-hybridized carbons (Fsp3) is 0.214. The second-order valence-corrected chi connectivity index (χ2v) is 8.41. The Morgan fingerprint density at radius 2 is 1.51 bits per heavy atom. The van der Waals surface area contributed by atoms with Crippen molar-refractivity contribution in [2.24, 2.45) is 0 Å². The summed E-state index contributed by atoms with van der Waals surface area (Å²) in [7, 11) is 3.27. The molecule has 5 rings (SSSR count). The van der Waals surface area contributed by atoms with Crippen LogP contribution in [-0.4, -0.2) is 61.4 Å². The molecule has 1 aliphatic rings. The highest BCUT2D eigenvalue weighted by atomic mass is 16.5. The SMILES string of the molecule is COc1ccc(-c2cc3ccccn3c2C(=O)C(=O)N2CCN(c3ccccc3OC)CC2)cc1. The molecule has 1 saturated heterocycles. The van der Waals surface area contributed by atoms with Crippen LogP contribution in [0, 0.1) is 0 Å². The largest absolute Gasteiger partial charge is 0.497 e. The fourth-order valence-corrected chi connectivity index (χ4v) is 4.63. The van der Waals surface area contributed by atoms with Gasteiger partial charge in [0.05, 0.1) is 19.9 Å². The fourth-order valence-electron chi connectivity index (χ4n) is 4.63. The summed E-state index contributed by atoms with van der Waals surface area (Å²) in [5.41, 5.74) is 3.81. The molecule has 178 valence electrons.